The number of aliphatic hydroxyl groups excluding tert-OH is 1. The summed E-state index contributed by atoms with van der Waals surface area (Å²) in [6.45, 7) is 0.0116. The number of hydrogen-bond donors (Lipinski definition) is 2. The number of hydrogen-bond acceptors (Lipinski definition) is 4. The molecule has 0 saturated carbocycles. The van der Waals surface area contributed by atoms with Gasteiger partial charge in [0.2, 0.25) is 0 Å². The van der Waals surface area contributed by atoms with Crippen LogP contribution in [-0.2, 0) is 0 Å². The minimum Gasteiger partial charge on any atom is -0.497 e. The molecule has 0 amide bonds. The van der Waals surface area contributed by atoms with Gasteiger partial charge in [-0.3, -0.25) is 4.98 Å². The molecule has 1 aromatic carbocycles. The van der Waals surface area contributed by atoms with Crippen LogP contribution in [-0.4, -0.2) is 23.8 Å². The predicted molar refractivity (Wildman–Crippen MR) is 70.7 cm³/mol. The van der Waals surface area contributed by atoms with E-state index in [0.29, 0.717) is 0 Å². The molecule has 1 heterocycles. The zero-order chi connectivity index (χ0) is 12.8. The minimum atomic E-state index is -0.160. The largest absolute Gasteiger partial charge is 0.497 e. The third-order valence-corrected chi connectivity index (χ3v) is 2.70. The van der Waals surface area contributed by atoms with Gasteiger partial charge in [0.05, 0.1) is 19.8 Å². The second-order valence-electron chi connectivity index (χ2n) is 3.89. The summed E-state index contributed by atoms with van der Waals surface area (Å²) in [5.74, 6) is 0.808. The Bertz CT molecular complexity index is 471. The van der Waals surface area contributed by atoms with Crippen LogP contribution in [0.5, 0.6) is 5.75 Å². The molecule has 0 spiro atoms. The summed E-state index contributed by atoms with van der Waals surface area (Å²) in [6.07, 6.45) is 3.46. The first-order chi connectivity index (χ1) is 8.83. The standard InChI is InChI=1S/C14H16N2O2/c1-18-13-6-4-12(5-7-13)16-14(10-17)11-3-2-8-15-9-11/h2-9,14,16-17H,10H2,1H3. The molecule has 4 nitrogen and oxygen atoms in total. The maximum Gasteiger partial charge on any atom is 0.119 e. The van der Waals surface area contributed by atoms with Crippen LogP contribution in [0, 0.1) is 0 Å². The van der Waals surface area contributed by atoms with Crippen molar-refractivity contribution in [3.8, 4) is 5.75 Å². The fourth-order valence-electron chi connectivity index (χ4n) is 1.70. The SMILES string of the molecule is COc1ccc(NC(CO)c2cccnc2)cc1. The molecule has 0 aliphatic rings. The number of pyridine rings is 1. The number of nitrogens with one attached hydrogen (secondary N) is 1. The molecular weight excluding hydrogens is 228 g/mol. The van der Waals surface area contributed by atoms with Crippen molar-refractivity contribution < 1.29 is 9.84 Å². The number of ether oxygens (including phenoxy) is 1. The van der Waals surface area contributed by atoms with Crippen molar-refractivity contribution in [3.05, 3.63) is 54.4 Å². The molecule has 4 heteroatoms. The molecule has 2 aromatic rings. The summed E-state index contributed by atoms with van der Waals surface area (Å²) in [6, 6.07) is 11.2. The van der Waals surface area contributed by atoms with E-state index in [1.54, 1.807) is 19.5 Å². The Hall–Kier alpha value is -2.07. The number of methoxy groups -OCH3 is 1. The van der Waals surface area contributed by atoms with Crippen LogP contribution >= 0.6 is 0 Å². The molecule has 1 atom stereocenters. The molecule has 0 aliphatic heterocycles. The summed E-state index contributed by atoms with van der Waals surface area (Å²) in [5, 5.41) is 12.7. The highest BCUT2D eigenvalue weighted by Gasteiger charge is 2.09. The van der Waals surface area contributed by atoms with Crippen molar-refractivity contribution in [1.29, 1.82) is 0 Å². The lowest BCUT2D eigenvalue weighted by Gasteiger charge is -2.17. The zero-order valence-electron chi connectivity index (χ0n) is 10.2. The van der Waals surface area contributed by atoms with Gasteiger partial charge in [0, 0.05) is 18.1 Å². The topological polar surface area (TPSA) is 54.4 Å². The number of anilines is 1. The molecule has 0 aliphatic carbocycles. The second-order valence-corrected chi connectivity index (χ2v) is 3.89. The number of nitrogens with zero attached hydrogens (tertiary/aromatic N) is 1. The zero-order valence-corrected chi connectivity index (χ0v) is 10.2. The van der Waals surface area contributed by atoms with Gasteiger partial charge in [-0.1, -0.05) is 6.07 Å². The molecule has 2 rings (SSSR count). The first kappa shape index (κ1) is 12.4. The van der Waals surface area contributed by atoms with Crippen molar-refractivity contribution in [3.63, 3.8) is 0 Å². The van der Waals surface area contributed by atoms with Crippen LogP contribution in [0.4, 0.5) is 5.69 Å². The molecule has 1 unspecified atom stereocenters. The highest BCUT2D eigenvalue weighted by Crippen LogP contribution is 2.20. The quantitative estimate of drug-likeness (QED) is 0.847. The molecular formula is C14H16N2O2. The van der Waals surface area contributed by atoms with E-state index in [9.17, 15) is 5.11 Å². The highest BCUT2D eigenvalue weighted by molar-refractivity contribution is 5.48. The van der Waals surface area contributed by atoms with Crippen LogP contribution in [0.1, 0.15) is 11.6 Å². The van der Waals surface area contributed by atoms with Crippen molar-refractivity contribution in [2.24, 2.45) is 0 Å². The summed E-state index contributed by atoms with van der Waals surface area (Å²) in [7, 11) is 1.63. The first-order valence-electron chi connectivity index (χ1n) is 5.75. The third kappa shape index (κ3) is 2.99. The third-order valence-electron chi connectivity index (χ3n) is 2.70. The van der Waals surface area contributed by atoms with E-state index < -0.39 is 0 Å². The maximum absolute atomic E-state index is 9.43. The molecule has 0 fully saturated rings. The van der Waals surface area contributed by atoms with Gasteiger partial charge in [-0.15, -0.1) is 0 Å². The van der Waals surface area contributed by atoms with E-state index in [2.05, 4.69) is 10.3 Å². The van der Waals surface area contributed by atoms with Gasteiger partial charge < -0.3 is 15.2 Å². The van der Waals surface area contributed by atoms with Crippen LogP contribution < -0.4 is 10.1 Å². The normalized spacial score (nSPS) is 11.9. The number of benzene rings is 1. The molecule has 94 valence electrons. The maximum atomic E-state index is 9.43. The molecule has 0 bridgehead atoms. The predicted octanol–water partition coefficient (Wildman–Crippen LogP) is 2.24. The fraction of sp³-hybridized carbons (Fsp3) is 0.214. The van der Waals surface area contributed by atoms with Gasteiger partial charge in [0.1, 0.15) is 5.75 Å². The number of rotatable bonds is 5. The average molecular weight is 244 g/mol. The Morgan fingerprint density at radius 1 is 1.28 bits per heavy atom. The monoisotopic (exact) mass is 244 g/mol. The van der Waals surface area contributed by atoms with Crippen LogP contribution in [0.25, 0.3) is 0 Å². The highest BCUT2D eigenvalue weighted by atomic mass is 16.5. The van der Waals surface area contributed by atoms with Gasteiger partial charge in [-0.05, 0) is 35.9 Å². The van der Waals surface area contributed by atoms with E-state index in [1.807, 2.05) is 36.4 Å². The van der Waals surface area contributed by atoms with Gasteiger partial charge in [-0.2, -0.15) is 0 Å². The fourth-order valence-corrected chi connectivity index (χ4v) is 1.70. The summed E-state index contributed by atoms with van der Waals surface area (Å²) in [4.78, 5) is 4.05. The number of aromatic nitrogens is 1. The number of aliphatic hydroxyl groups is 1. The smallest absolute Gasteiger partial charge is 0.119 e. The Morgan fingerprint density at radius 2 is 2.06 bits per heavy atom. The van der Waals surface area contributed by atoms with E-state index in [0.717, 1.165) is 17.0 Å². The van der Waals surface area contributed by atoms with Gasteiger partial charge in [-0.25, -0.2) is 0 Å². The van der Waals surface area contributed by atoms with Crippen LogP contribution in [0.15, 0.2) is 48.8 Å². The van der Waals surface area contributed by atoms with E-state index in [1.165, 1.54) is 0 Å². The van der Waals surface area contributed by atoms with Gasteiger partial charge >= 0.3 is 0 Å². The molecule has 2 N–H and O–H groups in total. The summed E-state index contributed by atoms with van der Waals surface area (Å²) in [5.41, 5.74) is 1.88. The lowest BCUT2D eigenvalue weighted by Crippen LogP contribution is -2.14. The Morgan fingerprint density at radius 3 is 2.61 bits per heavy atom. The lowest BCUT2D eigenvalue weighted by atomic mass is 10.1. The minimum absolute atomic E-state index is 0.0116. The van der Waals surface area contributed by atoms with Crippen molar-refractivity contribution in [2.75, 3.05) is 19.0 Å². The lowest BCUT2D eigenvalue weighted by molar-refractivity contribution is 0.276. The van der Waals surface area contributed by atoms with Crippen molar-refractivity contribution in [1.82, 2.24) is 4.98 Å². The molecule has 0 saturated heterocycles. The van der Waals surface area contributed by atoms with E-state index in [4.69, 9.17) is 4.74 Å². The Kier molecular flexibility index (Phi) is 4.15. The summed E-state index contributed by atoms with van der Waals surface area (Å²) < 4.78 is 5.10. The summed E-state index contributed by atoms with van der Waals surface area (Å²) >= 11 is 0. The average Bonchev–Trinajstić information content (AvgIpc) is 2.46. The van der Waals surface area contributed by atoms with E-state index in [-0.39, 0.29) is 12.6 Å². The molecule has 18 heavy (non-hydrogen) atoms. The Balaban J connectivity index is 2.10. The molecule has 1 aromatic heterocycles. The van der Waals surface area contributed by atoms with Crippen LogP contribution in [0.2, 0.25) is 0 Å². The Labute approximate surface area is 106 Å². The van der Waals surface area contributed by atoms with E-state index >= 15 is 0 Å². The molecule has 0 radical (unpaired) electrons. The van der Waals surface area contributed by atoms with Gasteiger partial charge in [0.15, 0.2) is 0 Å². The second kappa shape index (κ2) is 6.02. The first-order valence-corrected chi connectivity index (χ1v) is 5.75. The van der Waals surface area contributed by atoms with Crippen molar-refractivity contribution >= 4 is 5.69 Å². The van der Waals surface area contributed by atoms with Gasteiger partial charge in [0.25, 0.3) is 0 Å². The van der Waals surface area contributed by atoms with Crippen molar-refractivity contribution in [2.45, 2.75) is 6.04 Å². The van der Waals surface area contributed by atoms with Crippen LogP contribution in [0.3, 0.4) is 0 Å².